The van der Waals surface area contributed by atoms with E-state index in [0.29, 0.717) is 44.7 Å². The van der Waals surface area contributed by atoms with Crippen molar-refractivity contribution >= 4 is 52.5 Å². The van der Waals surface area contributed by atoms with E-state index >= 15 is 0 Å². The number of rotatable bonds is 7. The summed E-state index contributed by atoms with van der Waals surface area (Å²) in [5, 5.41) is 14.6. The summed E-state index contributed by atoms with van der Waals surface area (Å²) in [5.74, 6) is 1.85. The number of halogens is 3. The molecule has 2 N–H and O–H groups in total. The average molecular weight is 567 g/mol. The second-order valence-electron chi connectivity index (χ2n) is 11.3. The first-order chi connectivity index (χ1) is 17.5. The van der Waals surface area contributed by atoms with Crippen molar-refractivity contribution < 1.29 is 9.90 Å². The Labute approximate surface area is 233 Å². The maximum atomic E-state index is 11.5. The molecule has 0 unspecified atom stereocenters. The smallest absolute Gasteiger partial charge is 0.309 e. The lowest BCUT2D eigenvalue weighted by Crippen LogP contribution is -2.58. The Balaban J connectivity index is 1.20. The Bertz CT molecular complexity index is 1180. The topological polar surface area (TPSA) is 81.6 Å². The first-order valence-corrected chi connectivity index (χ1v) is 14.2. The number of nitrogens with zero attached hydrogens (tertiary/aromatic N) is 4. The molecule has 7 nitrogen and oxygen atoms in total. The fourth-order valence-corrected chi connectivity index (χ4v) is 6.77. The van der Waals surface area contributed by atoms with Crippen LogP contribution in [-0.4, -0.2) is 58.2 Å². The summed E-state index contributed by atoms with van der Waals surface area (Å²) in [7, 11) is 0. The van der Waals surface area contributed by atoms with E-state index in [0.717, 1.165) is 50.3 Å². The second kappa shape index (κ2) is 10.4. The molecule has 5 rings (SSSR count). The minimum atomic E-state index is -0.662. The van der Waals surface area contributed by atoms with Crippen molar-refractivity contribution in [1.29, 1.82) is 0 Å². The van der Waals surface area contributed by atoms with Crippen molar-refractivity contribution in [2.75, 3.05) is 36.4 Å². The SMILES string of the molecule is Cc1nc(N2CC([C@H]3CCCN(C4CC(C)(C(=O)O)C4)C3)C2)nc(N[C@H](C)c2ccc(Cl)cc2Cl)c1Cl. The third-order valence-electron chi connectivity index (χ3n) is 8.54. The van der Waals surface area contributed by atoms with Crippen LogP contribution in [0.4, 0.5) is 11.8 Å². The van der Waals surface area contributed by atoms with Crippen LogP contribution in [-0.2, 0) is 4.79 Å². The van der Waals surface area contributed by atoms with Gasteiger partial charge in [0.2, 0.25) is 5.95 Å². The summed E-state index contributed by atoms with van der Waals surface area (Å²) in [4.78, 5) is 25.7. The van der Waals surface area contributed by atoms with Gasteiger partial charge in [0.15, 0.2) is 5.82 Å². The molecule has 0 bridgehead atoms. The molecule has 1 saturated carbocycles. The number of aliphatic carboxylic acids is 1. The number of hydrogen-bond acceptors (Lipinski definition) is 6. The first kappa shape index (κ1) is 26.8. The summed E-state index contributed by atoms with van der Waals surface area (Å²) in [5.41, 5.74) is 1.11. The van der Waals surface area contributed by atoms with Gasteiger partial charge in [-0.15, -0.1) is 0 Å². The zero-order chi connectivity index (χ0) is 26.5. The molecule has 3 heterocycles. The molecule has 2 atom stereocenters. The number of likely N-dealkylation sites (tertiary alicyclic amines) is 1. The van der Waals surface area contributed by atoms with Gasteiger partial charge < -0.3 is 20.2 Å². The highest BCUT2D eigenvalue weighted by Crippen LogP contribution is 2.45. The highest BCUT2D eigenvalue weighted by Gasteiger charge is 2.49. The quantitative estimate of drug-likeness (QED) is 0.406. The molecule has 1 aromatic carbocycles. The average Bonchev–Trinajstić information content (AvgIpc) is 2.79. The molecule has 1 aliphatic carbocycles. The molecular weight excluding hydrogens is 533 g/mol. The van der Waals surface area contributed by atoms with Crippen molar-refractivity contribution in [2.45, 2.75) is 58.5 Å². The van der Waals surface area contributed by atoms with E-state index in [1.807, 2.05) is 32.9 Å². The van der Waals surface area contributed by atoms with E-state index < -0.39 is 11.4 Å². The maximum absolute atomic E-state index is 11.5. The summed E-state index contributed by atoms with van der Waals surface area (Å²) in [6, 6.07) is 5.76. The molecule has 0 radical (unpaired) electrons. The van der Waals surface area contributed by atoms with Crippen LogP contribution in [0.5, 0.6) is 0 Å². The molecule has 3 fully saturated rings. The molecule has 10 heteroatoms. The summed E-state index contributed by atoms with van der Waals surface area (Å²) in [6.07, 6.45) is 3.93. The summed E-state index contributed by atoms with van der Waals surface area (Å²) >= 11 is 19.0. The Morgan fingerprint density at radius 3 is 2.57 bits per heavy atom. The number of benzene rings is 1. The third kappa shape index (κ3) is 5.38. The van der Waals surface area contributed by atoms with Crippen LogP contribution in [0.1, 0.15) is 56.8 Å². The molecule has 37 heavy (non-hydrogen) atoms. The zero-order valence-corrected chi connectivity index (χ0v) is 23.7. The summed E-state index contributed by atoms with van der Waals surface area (Å²) < 4.78 is 0. The predicted octanol–water partition coefficient (Wildman–Crippen LogP) is 6.32. The van der Waals surface area contributed by atoms with Crippen LogP contribution in [0.2, 0.25) is 15.1 Å². The number of anilines is 2. The third-order valence-corrected chi connectivity index (χ3v) is 9.56. The molecule has 2 aliphatic heterocycles. The van der Waals surface area contributed by atoms with E-state index in [4.69, 9.17) is 39.8 Å². The Hall–Kier alpha value is -1.80. The minimum absolute atomic E-state index is 0.115. The van der Waals surface area contributed by atoms with Crippen molar-refractivity contribution in [3.05, 3.63) is 44.5 Å². The van der Waals surface area contributed by atoms with E-state index in [1.54, 1.807) is 6.07 Å². The van der Waals surface area contributed by atoms with Crippen LogP contribution in [0.3, 0.4) is 0 Å². The first-order valence-electron chi connectivity index (χ1n) is 13.0. The van der Waals surface area contributed by atoms with Gasteiger partial charge in [0.05, 0.1) is 17.2 Å². The highest BCUT2D eigenvalue weighted by molar-refractivity contribution is 6.35. The Morgan fingerprint density at radius 2 is 1.89 bits per heavy atom. The standard InChI is InChI=1S/C27H34Cl3N5O2/c1-15(21-7-6-19(28)9-22(21)29)31-24-23(30)16(2)32-26(33-24)35-13-18(14-35)17-5-4-8-34(12-17)20-10-27(3,11-20)25(36)37/h6-7,9,15,17-18,20H,4-5,8,10-14H2,1-3H3,(H,36,37)(H,31,32,33)/t15-,17+,20?,27?/m1/s1. The van der Waals surface area contributed by atoms with Crippen LogP contribution in [0.25, 0.3) is 0 Å². The number of carboxylic acids is 1. The fraction of sp³-hybridized carbons (Fsp3) is 0.593. The molecule has 200 valence electrons. The molecule has 2 aromatic rings. The number of hydrogen-bond donors (Lipinski definition) is 2. The zero-order valence-electron chi connectivity index (χ0n) is 21.5. The van der Waals surface area contributed by atoms with Gasteiger partial charge in [-0.05, 0) is 82.5 Å². The number of carboxylic acid groups (broad SMARTS) is 1. The van der Waals surface area contributed by atoms with Gasteiger partial charge in [0.1, 0.15) is 5.02 Å². The van der Waals surface area contributed by atoms with E-state index in [9.17, 15) is 9.90 Å². The van der Waals surface area contributed by atoms with Crippen molar-refractivity contribution in [2.24, 2.45) is 17.3 Å². The van der Waals surface area contributed by atoms with E-state index in [1.165, 1.54) is 12.8 Å². The van der Waals surface area contributed by atoms with Gasteiger partial charge in [-0.1, -0.05) is 40.9 Å². The fourth-order valence-electron chi connectivity index (χ4n) is 6.06. The largest absolute Gasteiger partial charge is 0.481 e. The molecule has 1 aromatic heterocycles. The number of aryl methyl sites for hydroxylation is 1. The van der Waals surface area contributed by atoms with Gasteiger partial charge in [-0.25, -0.2) is 4.98 Å². The van der Waals surface area contributed by atoms with Gasteiger partial charge in [-0.2, -0.15) is 4.98 Å². The van der Waals surface area contributed by atoms with Crippen molar-refractivity contribution in [3.8, 4) is 0 Å². The molecule has 0 spiro atoms. The van der Waals surface area contributed by atoms with Crippen LogP contribution < -0.4 is 10.2 Å². The van der Waals surface area contributed by atoms with Gasteiger partial charge in [0.25, 0.3) is 0 Å². The van der Waals surface area contributed by atoms with Crippen LogP contribution in [0, 0.1) is 24.2 Å². The maximum Gasteiger partial charge on any atom is 0.309 e. The number of aromatic nitrogens is 2. The van der Waals surface area contributed by atoms with Gasteiger partial charge in [0, 0.05) is 35.7 Å². The van der Waals surface area contributed by atoms with Crippen molar-refractivity contribution in [3.63, 3.8) is 0 Å². The monoisotopic (exact) mass is 565 g/mol. The van der Waals surface area contributed by atoms with E-state index in [2.05, 4.69) is 20.1 Å². The lowest BCUT2D eigenvalue weighted by Gasteiger charge is -2.52. The molecular formula is C27H34Cl3N5O2. The Kier molecular flexibility index (Phi) is 7.53. The Morgan fingerprint density at radius 1 is 1.16 bits per heavy atom. The molecule has 2 saturated heterocycles. The molecule has 3 aliphatic rings. The van der Waals surface area contributed by atoms with Crippen LogP contribution in [0.15, 0.2) is 18.2 Å². The van der Waals surface area contributed by atoms with Crippen molar-refractivity contribution in [1.82, 2.24) is 14.9 Å². The minimum Gasteiger partial charge on any atom is -0.481 e. The lowest BCUT2D eigenvalue weighted by molar-refractivity contribution is -0.158. The lowest BCUT2D eigenvalue weighted by atomic mass is 9.65. The van der Waals surface area contributed by atoms with Gasteiger partial charge in [-0.3, -0.25) is 4.79 Å². The number of piperidine rings is 1. The normalized spacial score (nSPS) is 27.4. The van der Waals surface area contributed by atoms with E-state index in [-0.39, 0.29) is 6.04 Å². The van der Waals surface area contributed by atoms with Gasteiger partial charge >= 0.3 is 5.97 Å². The van der Waals surface area contributed by atoms with Crippen LogP contribution >= 0.6 is 34.8 Å². The highest BCUT2D eigenvalue weighted by atomic mass is 35.5. The number of nitrogens with one attached hydrogen (secondary N) is 1. The predicted molar refractivity (Wildman–Crippen MR) is 149 cm³/mol. The summed E-state index contributed by atoms with van der Waals surface area (Å²) in [6.45, 7) is 9.78. The molecule has 0 amide bonds. The second-order valence-corrected chi connectivity index (χ2v) is 12.5. The number of carbonyl (C=O) groups is 1.